The van der Waals surface area contributed by atoms with E-state index >= 15 is 0 Å². The molecule has 0 bridgehead atoms. The zero-order chi connectivity index (χ0) is 23.9. The van der Waals surface area contributed by atoms with Crippen LogP contribution in [-0.2, 0) is 0 Å². The van der Waals surface area contributed by atoms with Gasteiger partial charge in [-0.05, 0) is 56.4 Å². The van der Waals surface area contributed by atoms with Crippen LogP contribution >= 0.6 is 0 Å². The van der Waals surface area contributed by atoms with Gasteiger partial charge in [-0.1, -0.05) is 12.1 Å². The Balaban J connectivity index is 1.54. The van der Waals surface area contributed by atoms with Crippen molar-refractivity contribution in [1.82, 2.24) is 14.8 Å². The first kappa shape index (κ1) is 22.5. The van der Waals surface area contributed by atoms with E-state index in [1.165, 1.54) is 0 Å². The number of benzene rings is 1. The standard InChI is InChI=1S/C26H29F2N5O/c1-17-5-3-6-20(13-17)31-25(34)23-18(2)22(19-14-30-33(16-19)21-7-8-21)15-29-24(23)32-11-4-9-26(27,28)10-12-32/h3,5-6,13-16,21H,4,7-12H2,1-2H3,(H,31,34). The lowest BCUT2D eigenvalue weighted by Crippen LogP contribution is -2.30. The largest absolute Gasteiger partial charge is 0.356 e. The summed E-state index contributed by atoms with van der Waals surface area (Å²) in [5.74, 6) is -2.53. The highest BCUT2D eigenvalue weighted by molar-refractivity contribution is 6.09. The van der Waals surface area contributed by atoms with E-state index in [1.54, 1.807) is 12.4 Å². The maximum absolute atomic E-state index is 14.0. The smallest absolute Gasteiger partial charge is 0.259 e. The Hall–Kier alpha value is -3.29. The molecule has 6 nitrogen and oxygen atoms in total. The number of nitrogens with one attached hydrogen (secondary N) is 1. The highest BCUT2D eigenvalue weighted by atomic mass is 19.3. The molecular weight excluding hydrogens is 436 g/mol. The fourth-order valence-corrected chi connectivity index (χ4v) is 4.60. The molecule has 3 aromatic rings. The van der Waals surface area contributed by atoms with Crippen LogP contribution in [0.4, 0.5) is 20.3 Å². The molecule has 34 heavy (non-hydrogen) atoms. The summed E-state index contributed by atoms with van der Waals surface area (Å²) in [6, 6.07) is 8.03. The van der Waals surface area contributed by atoms with E-state index in [1.807, 2.05) is 53.9 Å². The second kappa shape index (κ2) is 8.81. The summed E-state index contributed by atoms with van der Waals surface area (Å²) in [6.45, 7) is 4.45. The number of rotatable bonds is 5. The Kier molecular flexibility index (Phi) is 5.83. The predicted octanol–water partition coefficient (Wildman–Crippen LogP) is 5.77. The number of aromatic nitrogens is 3. The van der Waals surface area contributed by atoms with Crippen LogP contribution in [0.1, 0.15) is 59.6 Å². The fraction of sp³-hybridized carbons (Fsp3) is 0.423. The molecule has 2 fully saturated rings. The van der Waals surface area contributed by atoms with Crippen LogP contribution in [0.25, 0.3) is 11.1 Å². The van der Waals surface area contributed by atoms with E-state index < -0.39 is 5.92 Å². The molecule has 2 aliphatic rings. The number of hydrogen-bond donors (Lipinski definition) is 1. The molecule has 1 N–H and O–H groups in total. The van der Waals surface area contributed by atoms with Gasteiger partial charge in [0, 0.05) is 55.1 Å². The van der Waals surface area contributed by atoms with Crippen LogP contribution < -0.4 is 10.2 Å². The summed E-state index contributed by atoms with van der Waals surface area (Å²) in [4.78, 5) is 20.1. The van der Waals surface area contributed by atoms with Crippen LogP contribution in [0, 0.1) is 13.8 Å². The quantitative estimate of drug-likeness (QED) is 0.519. The molecule has 0 unspecified atom stereocenters. The first-order valence-electron chi connectivity index (χ1n) is 11.9. The minimum atomic E-state index is -2.69. The third kappa shape index (κ3) is 4.67. The monoisotopic (exact) mass is 465 g/mol. The zero-order valence-electron chi connectivity index (χ0n) is 19.5. The first-order valence-corrected chi connectivity index (χ1v) is 11.9. The van der Waals surface area contributed by atoms with E-state index in [2.05, 4.69) is 15.4 Å². The van der Waals surface area contributed by atoms with E-state index in [0.29, 0.717) is 36.1 Å². The summed E-state index contributed by atoms with van der Waals surface area (Å²) in [7, 11) is 0. The number of alkyl halides is 2. The number of nitrogens with zero attached hydrogens (tertiary/aromatic N) is 4. The van der Waals surface area contributed by atoms with Gasteiger partial charge in [-0.2, -0.15) is 5.10 Å². The SMILES string of the molecule is Cc1cccc(NC(=O)c2c(N3CCCC(F)(F)CC3)ncc(-c3cnn(C4CC4)c3)c2C)c1. The third-order valence-corrected chi connectivity index (χ3v) is 6.67. The van der Waals surface area contributed by atoms with Crippen molar-refractivity contribution >= 4 is 17.4 Å². The van der Waals surface area contributed by atoms with Gasteiger partial charge >= 0.3 is 0 Å². The number of amides is 1. The average Bonchev–Trinajstić information content (AvgIpc) is 3.55. The molecule has 5 rings (SSSR count). The molecule has 2 aromatic heterocycles. The molecule has 178 valence electrons. The second-order valence-corrected chi connectivity index (χ2v) is 9.46. The van der Waals surface area contributed by atoms with Crippen LogP contribution in [0.3, 0.4) is 0 Å². The van der Waals surface area contributed by atoms with Gasteiger partial charge in [0.25, 0.3) is 5.91 Å². The fourth-order valence-electron chi connectivity index (χ4n) is 4.60. The number of halogens is 2. The Labute approximate surface area is 198 Å². The van der Waals surface area contributed by atoms with Crippen molar-refractivity contribution in [2.75, 3.05) is 23.3 Å². The number of hydrogen-bond acceptors (Lipinski definition) is 4. The van der Waals surface area contributed by atoms with Crippen molar-refractivity contribution in [3.05, 3.63) is 59.5 Å². The van der Waals surface area contributed by atoms with Gasteiger partial charge in [0.05, 0.1) is 17.8 Å². The molecule has 1 aliphatic heterocycles. The number of anilines is 2. The molecule has 1 saturated carbocycles. The van der Waals surface area contributed by atoms with Crippen LogP contribution in [-0.4, -0.2) is 39.7 Å². The molecular formula is C26H29F2N5O. The second-order valence-electron chi connectivity index (χ2n) is 9.46. The first-order chi connectivity index (χ1) is 16.3. The van der Waals surface area contributed by atoms with Crippen molar-refractivity contribution in [2.45, 2.75) is 57.9 Å². The Bertz CT molecular complexity index is 1220. The summed E-state index contributed by atoms with van der Waals surface area (Å²) in [5.41, 5.74) is 4.62. The number of carbonyl (C=O) groups excluding carboxylic acids is 1. The van der Waals surface area contributed by atoms with Gasteiger partial charge in [-0.25, -0.2) is 13.8 Å². The number of carbonyl (C=O) groups is 1. The van der Waals surface area contributed by atoms with E-state index in [-0.39, 0.29) is 25.3 Å². The van der Waals surface area contributed by atoms with Crippen molar-refractivity contribution in [3.8, 4) is 11.1 Å². The zero-order valence-corrected chi connectivity index (χ0v) is 19.5. The molecule has 3 heterocycles. The molecule has 8 heteroatoms. The topological polar surface area (TPSA) is 63.1 Å². The van der Waals surface area contributed by atoms with Gasteiger partial charge in [0.2, 0.25) is 5.92 Å². The molecule has 1 aromatic carbocycles. The van der Waals surface area contributed by atoms with Gasteiger partial charge in [0.1, 0.15) is 5.82 Å². The Morgan fingerprint density at radius 1 is 1.15 bits per heavy atom. The molecule has 1 saturated heterocycles. The van der Waals surface area contributed by atoms with Crippen LogP contribution in [0.5, 0.6) is 0 Å². The normalized spacial score (nSPS) is 17.9. The molecule has 1 aliphatic carbocycles. The van der Waals surface area contributed by atoms with Crippen molar-refractivity contribution in [3.63, 3.8) is 0 Å². The minimum absolute atomic E-state index is 0.147. The van der Waals surface area contributed by atoms with Gasteiger partial charge in [-0.15, -0.1) is 0 Å². The highest BCUT2D eigenvalue weighted by Gasteiger charge is 2.34. The Morgan fingerprint density at radius 2 is 1.97 bits per heavy atom. The van der Waals surface area contributed by atoms with E-state index in [4.69, 9.17) is 0 Å². The molecule has 1 amide bonds. The predicted molar refractivity (Wildman–Crippen MR) is 129 cm³/mol. The maximum Gasteiger partial charge on any atom is 0.259 e. The summed E-state index contributed by atoms with van der Waals surface area (Å²) >= 11 is 0. The van der Waals surface area contributed by atoms with Gasteiger partial charge in [-0.3, -0.25) is 9.48 Å². The number of aryl methyl sites for hydroxylation is 1. The lowest BCUT2D eigenvalue weighted by Gasteiger charge is -2.26. The van der Waals surface area contributed by atoms with Crippen LogP contribution in [0.2, 0.25) is 0 Å². The van der Waals surface area contributed by atoms with Gasteiger partial charge in [0.15, 0.2) is 0 Å². The maximum atomic E-state index is 14.0. The van der Waals surface area contributed by atoms with Crippen LogP contribution in [0.15, 0.2) is 42.9 Å². The van der Waals surface area contributed by atoms with Gasteiger partial charge < -0.3 is 10.2 Å². The molecule has 0 spiro atoms. The third-order valence-electron chi connectivity index (χ3n) is 6.67. The highest BCUT2D eigenvalue weighted by Crippen LogP contribution is 2.37. The van der Waals surface area contributed by atoms with Crippen molar-refractivity contribution in [1.29, 1.82) is 0 Å². The summed E-state index contributed by atoms with van der Waals surface area (Å²) < 4.78 is 30.0. The van der Waals surface area contributed by atoms with Crippen molar-refractivity contribution in [2.24, 2.45) is 0 Å². The lowest BCUT2D eigenvalue weighted by atomic mass is 9.99. The summed E-state index contributed by atoms with van der Waals surface area (Å²) in [5, 5.41) is 7.47. The minimum Gasteiger partial charge on any atom is -0.356 e. The van der Waals surface area contributed by atoms with Crippen molar-refractivity contribution < 1.29 is 13.6 Å². The Morgan fingerprint density at radius 3 is 2.74 bits per heavy atom. The molecule has 0 radical (unpaired) electrons. The molecule has 0 atom stereocenters. The van der Waals surface area contributed by atoms with E-state index in [9.17, 15) is 13.6 Å². The lowest BCUT2D eigenvalue weighted by molar-refractivity contribution is -0.0102. The summed E-state index contributed by atoms with van der Waals surface area (Å²) in [6.07, 6.45) is 7.75. The number of pyridine rings is 1. The van der Waals surface area contributed by atoms with E-state index in [0.717, 1.165) is 35.1 Å². The average molecular weight is 466 g/mol.